The van der Waals surface area contributed by atoms with E-state index in [2.05, 4.69) is 47.2 Å². The molecule has 2 aromatic carbocycles. The Kier molecular flexibility index (Phi) is 4.22. The molecule has 2 nitrogen and oxygen atoms in total. The number of aryl methyl sites for hydroxylation is 2. The fourth-order valence-electron chi connectivity index (χ4n) is 1.80. The molecular formula is C15H15BrN2S. The maximum atomic E-state index is 5.76. The summed E-state index contributed by atoms with van der Waals surface area (Å²) in [6.45, 7) is 4.19. The van der Waals surface area contributed by atoms with E-state index in [9.17, 15) is 0 Å². The van der Waals surface area contributed by atoms with Crippen LogP contribution in [0.25, 0.3) is 0 Å². The van der Waals surface area contributed by atoms with Crippen molar-refractivity contribution in [1.29, 1.82) is 0 Å². The summed E-state index contributed by atoms with van der Waals surface area (Å²) in [7, 11) is 0. The van der Waals surface area contributed by atoms with Crippen molar-refractivity contribution in [3.05, 3.63) is 57.6 Å². The molecule has 0 bridgehead atoms. The van der Waals surface area contributed by atoms with Crippen molar-refractivity contribution < 1.29 is 0 Å². The summed E-state index contributed by atoms with van der Waals surface area (Å²) in [5.74, 6) is 0. The molecule has 3 N–H and O–H groups in total. The molecule has 2 aromatic rings. The summed E-state index contributed by atoms with van der Waals surface area (Å²) in [5, 5.41) is 3.36. The van der Waals surface area contributed by atoms with Gasteiger partial charge < -0.3 is 11.1 Å². The largest absolute Gasteiger partial charge is 0.389 e. The van der Waals surface area contributed by atoms with Gasteiger partial charge in [-0.2, -0.15) is 0 Å². The van der Waals surface area contributed by atoms with E-state index >= 15 is 0 Å². The van der Waals surface area contributed by atoms with Gasteiger partial charge in [-0.05, 0) is 55.3 Å². The Morgan fingerprint density at radius 1 is 1.11 bits per heavy atom. The number of nitrogens with one attached hydrogen (secondary N) is 1. The Balaban J connectivity index is 2.37. The lowest BCUT2D eigenvalue weighted by molar-refractivity contribution is 1.34. The number of rotatable bonds is 3. The van der Waals surface area contributed by atoms with E-state index < -0.39 is 0 Å². The van der Waals surface area contributed by atoms with E-state index in [4.69, 9.17) is 18.0 Å². The first-order valence-corrected chi connectivity index (χ1v) is 7.11. The first-order chi connectivity index (χ1) is 8.97. The van der Waals surface area contributed by atoms with Gasteiger partial charge in [0, 0.05) is 21.4 Å². The molecule has 0 aromatic heterocycles. The lowest BCUT2D eigenvalue weighted by atomic mass is 10.1. The molecule has 0 saturated heterocycles. The second-order valence-electron chi connectivity index (χ2n) is 4.48. The third kappa shape index (κ3) is 3.33. The van der Waals surface area contributed by atoms with Crippen LogP contribution in [0.2, 0.25) is 0 Å². The van der Waals surface area contributed by atoms with Crippen LogP contribution in [0.1, 0.15) is 16.7 Å². The van der Waals surface area contributed by atoms with Gasteiger partial charge in [0.15, 0.2) is 0 Å². The van der Waals surface area contributed by atoms with Crippen molar-refractivity contribution in [1.82, 2.24) is 0 Å². The summed E-state index contributed by atoms with van der Waals surface area (Å²) in [6, 6.07) is 12.1. The van der Waals surface area contributed by atoms with Gasteiger partial charge in [0.25, 0.3) is 0 Å². The van der Waals surface area contributed by atoms with Gasteiger partial charge in [-0.1, -0.05) is 34.2 Å². The molecule has 0 aliphatic rings. The molecule has 0 aliphatic carbocycles. The van der Waals surface area contributed by atoms with Crippen molar-refractivity contribution in [3.8, 4) is 0 Å². The van der Waals surface area contributed by atoms with Crippen molar-refractivity contribution in [3.63, 3.8) is 0 Å². The number of anilines is 2. The van der Waals surface area contributed by atoms with Crippen LogP contribution in [0.4, 0.5) is 11.4 Å². The number of hydrogen-bond donors (Lipinski definition) is 2. The average molecular weight is 335 g/mol. The zero-order valence-electron chi connectivity index (χ0n) is 10.8. The minimum absolute atomic E-state index is 0.382. The highest BCUT2D eigenvalue weighted by molar-refractivity contribution is 9.10. The van der Waals surface area contributed by atoms with Crippen molar-refractivity contribution in [2.24, 2.45) is 5.73 Å². The SMILES string of the molecule is Cc1ccc(Nc2ccc(Br)cc2C(N)=S)cc1C. The van der Waals surface area contributed by atoms with Crippen LogP contribution in [-0.4, -0.2) is 4.99 Å². The first-order valence-electron chi connectivity index (χ1n) is 5.91. The second kappa shape index (κ2) is 5.72. The highest BCUT2D eigenvalue weighted by Gasteiger charge is 2.06. The van der Waals surface area contributed by atoms with Crippen LogP contribution >= 0.6 is 28.1 Å². The normalized spacial score (nSPS) is 10.3. The molecular weight excluding hydrogens is 320 g/mol. The number of benzene rings is 2. The van der Waals surface area contributed by atoms with Gasteiger partial charge in [0.05, 0.1) is 0 Å². The summed E-state index contributed by atoms with van der Waals surface area (Å²) in [5.41, 5.74) is 11.1. The molecule has 98 valence electrons. The second-order valence-corrected chi connectivity index (χ2v) is 5.83. The Hall–Kier alpha value is -1.39. The smallest absolute Gasteiger partial charge is 0.106 e. The summed E-state index contributed by atoms with van der Waals surface area (Å²) < 4.78 is 0.959. The van der Waals surface area contributed by atoms with Gasteiger partial charge in [-0.3, -0.25) is 0 Å². The topological polar surface area (TPSA) is 38.0 Å². The first kappa shape index (κ1) is 14.0. The lowest BCUT2D eigenvalue weighted by Gasteiger charge is -2.13. The van der Waals surface area contributed by atoms with E-state index in [-0.39, 0.29) is 0 Å². The molecule has 2 rings (SSSR count). The predicted molar refractivity (Wildman–Crippen MR) is 89.2 cm³/mol. The molecule has 0 atom stereocenters. The molecule has 0 radical (unpaired) electrons. The zero-order chi connectivity index (χ0) is 14.0. The van der Waals surface area contributed by atoms with Crippen LogP contribution in [0.3, 0.4) is 0 Å². The van der Waals surface area contributed by atoms with Crippen molar-refractivity contribution in [2.75, 3.05) is 5.32 Å². The Bertz CT molecular complexity index is 638. The van der Waals surface area contributed by atoms with Gasteiger partial charge >= 0.3 is 0 Å². The van der Waals surface area contributed by atoms with E-state index in [1.165, 1.54) is 11.1 Å². The third-order valence-electron chi connectivity index (χ3n) is 3.03. The van der Waals surface area contributed by atoms with Crippen LogP contribution in [0, 0.1) is 13.8 Å². The maximum absolute atomic E-state index is 5.76. The van der Waals surface area contributed by atoms with Gasteiger partial charge in [0.1, 0.15) is 4.99 Å². The monoisotopic (exact) mass is 334 g/mol. The summed E-state index contributed by atoms with van der Waals surface area (Å²) in [4.78, 5) is 0.382. The Morgan fingerprint density at radius 3 is 2.47 bits per heavy atom. The predicted octanol–water partition coefficient (Wildman–Crippen LogP) is 4.44. The standard InChI is InChI=1S/C15H15BrN2S/c1-9-3-5-12(7-10(9)2)18-14-6-4-11(16)8-13(14)15(17)19/h3-8,18H,1-2H3,(H2,17,19). The Labute approximate surface area is 127 Å². The fraction of sp³-hybridized carbons (Fsp3) is 0.133. The van der Waals surface area contributed by atoms with E-state index in [0.29, 0.717) is 4.99 Å². The van der Waals surface area contributed by atoms with E-state index in [1.807, 2.05) is 24.3 Å². The minimum atomic E-state index is 0.382. The summed E-state index contributed by atoms with van der Waals surface area (Å²) >= 11 is 8.52. The molecule has 0 saturated carbocycles. The maximum Gasteiger partial charge on any atom is 0.106 e. The number of halogens is 1. The molecule has 0 unspecified atom stereocenters. The number of nitrogens with two attached hydrogens (primary N) is 1. The van der Waals surface area contributed by atoms with Gasteiger partial charge in [-0.15, -0.1) is 0 Å². The highest BCUT2D eigenvalue weighted by Crippen LogP contribution is 2.25. The van der Waals surface area contributed by atoms with Crippen LogP contribution in [0.5, 0.6) is 0 Å². The highest BCUT2D eigenvalue weighted by atomic mass is 79.9. The van der Waals surface area contributed by atoms with Crippen molar-refractivity contribution >= 4 is 44.5 Å². The summed E-state index contributed by atoms with van der Waals surface area (Å²) in [6.07, 6.45) is 0. The fourth-order valence-corrected chi connectivity index (χ4v) is 2.33. The zero-order valence-corrected chi connectivity index (χ0v) is 13.2. The molecule has 0 spiro atoms. The quantitative estimate of drug-likeness (QED) is 0.814. The molecule has 0 fully saturated rings. The molecule has 4 heteroatoms. The molecule has 0 aliphatic heterocycles. The van der Waals surface area contributed by atoms with E-state index in [1.54, 1.807) is 0 Å². The van der Waals surface area contributed by atoms with Gasteiger partial charge in [-0.25, -0.2) is 0 Å². The number of thiocarbonyl (C=S) groups is 1. The van der Waals surface area contributed by atoms with Gasteiger partial charge in [0.2, 0.25) is 0 Å². The lowest BCUT2D eigenvalue weighted by Crippen LogP contribution is -2.12. The van der Waals surface area contributed by atoms with E-state index in [0.717, 1.165) is 21.4 Å². The van der Waals surface area contributed by atoms with Crippen LogP contribution < -0.4 is 11.1 Å². The van der Waals surface area contributed by atoms with Crippen LogP contribution in [-0.2, 0) is 0 Å². The number of hydrogen-bond acceptors (Lipinski definition) is 2. The van der Waals surface area contributed by atoms with Crippen LogP contribution in [0.15, 0.2) is 40.9 Å². The molecule has 0 heterocycles. The Morgan fingerprint density at radius 2 is 1.84 bits per heavy atom. The third-order valence-corrected chi connectivity index (χ3v) is 3.75. The molecule has 0 amide bonds. The van der Waals surface area contributed by atoms with Crippen molar-refractivity contribution in [2.45, 2.75) is 13.8 Å². The average Bonchev–Trinajstić information content (AvgIpc) is 2.36. The molecule has 19 heavy (non-hydrogen) atoms. The minimum Gasteiger partial charge on any atom is -0.389 e.